The molecule has 0 saturated carbocycles. The third-order valence-electron chi connectivity index (χ3n) is 3.00. The molecule has 2 aromatic rings. The SMILES string of the molecule is Cc1cccc(CCNCc2ccc(Br)cc2F)c1. The Bertz CT molecular complexity index is 554. The molecule has 100 valence electrons. The molecule has 0 unspecified atom stereocenters. The van der Waals surface area contributed by atoms with Crippen LogP contribution in [0, 0.1) is 12.7 Å². The summed E-state index contributed by atoms with van der Waals surface area (Å²) in [6, 6.07) is 13.6. The molecule has 3 heteroatoms. The van der Waals surface area contributed by atoms with Crippen LogP contribution in [0.5, 0.6) is 0 Å². The highest BCUT2D eigenvalue weighted by Gasteiger charge is 2.02. The molecule has 0 aliphatic carbocycles. The summed E-state index contributed by atoms with van der Waals surface area (Å²) < 4.78 is 14.4. The van der Waals surface area contributed by atoms with Crippen molar-refractivity contribution in [1.82, 2.24) is 5.32 Å². The van der Waals surface area contributed by atoms with Crippen LogP contribution in [0.25, 0.3) is 0 Å². The number of halogens is 2. The van der Waals surface area contributed by atoms with Gasteiger partial charge in [0.15, 0.2) is 0 Å². The minimum atomic E-state index is -0.169. The summed E-state index contributed by atoms with van der Waals surface area (Å²) in [6.45, 7) is 3.50. The quantitative estimate of drug-likeness (QED) is 0.813. The van der Waals surface area contributed by atoms with Crippen molar-refractivity contribution in [3.05, 3.63) is 69.4 Å². The van der Waals surface area contributed by atoms with Crippen molar-refractivity contribution in [1.29, 1.82) is 0 Å². The highest BCUT2D eigenvalue weighted by Crippen LogP contribution is 2.15. The zero-order chi connectivity index (χ0) is 13.7. The highest BCUT2D eigenvalue weighted by atomic mass is 79.9. The van der Waals surface area contributed by atoms with Crippen molar-refractivity contribution in [2.45, 2.75) is 19.9 Å². The van der Waals surface area contributed by atoms with Crippen LogP contribution in [0.2, 0.25) is 0 Å². The lowest BCUT2D eigenvalue weighted by Gasteiger charge is -2.07. The van der Waals surface area contributed by atoms with Gasteiger partial charge in [0, 0.05) is 16.6 Å². The van der Waals surface area contributed by atoms with E-state index in [1.54, 1.807) is 6.07 Å². The number of rotatable bonds is 5. The first-order chi connectivity index (χ1) is 9.15. The Morgan fingerprint density at radius 1 is 1.16 bits per heavy atom. The molecule has 0 aliphatic rings. The van der Waals surface area contributed by atoms with Gasteiger partial charge in [0.2, 0.25) is 0 Å². The first kappa shape index (κ1) is 14.2. The standard InChI is InChI=1S/C16H17BrFN/c1-12-3-2-4-13(9-12)7-8-19-11-14-5-6-15(17)10-16(14)18/h2-6,9-10,19H,7-8,11H2,1H3. The Labute approximate surface area is 122 Å². The average molecular weight is 322 g/mol. The molecular weight excluding hydrogens is 305 g/mol. The highest BCUT2D eigenvalue weighted by molar-refractivity contribution is 9.10. The predicted molar refractivity (Wildman–Crippen MR) is 80.7 cm³/mol. The molecule has 0 radical (unpaired) electrons. The third-order valence-corrected chi connectivity index (χ3v) is 3.50. The fourth-order valence-electron chi connectivity index (χ4n) is 1.99. The van der Waals surface area contributed by atoms with Crippen molar-refractivity contribution in [3.63, 3.8) is 0 Å². The van der Waals surface area contributed by atoms with E-state index >= 15 is 0 Å². The molecule has 0 spiro atoms. The Kier molecular flexibility index (Phi) is 5.11. The first-order valence-corrected chi connectivity index (χ1v) is 7.14. The predicted octanol–water partition coefficient (Wildman–Crippen LogP) is 4.23. The average Bonchev–Trinajstić information content (AvgIpc) is 2.37. The van der Waals surface area contributed by atoms with E-state index in [2.05, 4.69) is 52.4 Å². The van der Waals surface area contributed by atoms with Gasteiger partial charge in [-0.2, -0.15) is 0 Å². The van der Waals surface area contributed by atoms with Crippen LogP contribution in [0.15, 0.2) is 46.9 Å². The number of nitrogens with one attached hydrogen (secondary N) is 1. The largest absolute Gasteiger partial charge is 0.312 e. The topological polar surface area (TPSA) is 12.0 Å². The van der Waals surface area contributed by atoms with Crippen LogP contribution in [0.4, 0.5) is 4.39 Å². The number of aryl methyl sites for hydroxylation is 1. The second kappa shape index (κ2) is 6.83. The number of hydrogen-bond acceptors (Lipinski definition) is 1. The van der Waals surface area contributed by atoms with E-state index in [1.165, 1.54) is 17.2 Å². The van der Waals surface area contributed by atoms with Crippen LogP contribution < -0.4 is 5.32 Å². The van der Waals surface area contributed by atoms with Crippen LogP contribution in [-0.2, 0) is 13.0 Å². The van der Waals surface area contributed by atoms with E-state index in [-0.39, 0.29) is 5.82 Å². The molecule has 0 atom stereocenters. The summed E-state index contributed by atoms with van der Waals surface area (Å²) in [5.74, 6) is -0.169. The minimum absolute atomic E-state index is 0.169. The maximum Gasteiger partial charge on any atom is 0.128 e. The molecule has 0 fully saturated rings. The Morgan fingerprint density at radius 2 is 2.00 bits per heavy atom. The van der Waals surface area contributed by atoms with Crippen LogP contribution in [-0.4, -0.2) is 6.54 Å². The molecular formula is C16H17BrFN. The molecule has 0 amide bonds. The van der Waals surface area contributed by atoms with E-state index in [0.29, 0.717) is 12.1 Å². The Balaban J connectivity index is 1.81. The summed E-state index contributed by atoms with van der Waals surface area (Å²) >= 11 is 3.26. The van der Waals surface area contributed by atoms with E-state index in [1.807, 2.05) is 6.07 Å². The van der Waals surface area contributed by atoms with Gasteiger partial charge in [0.25, 0.3) is 0 Å². The van der Waals surface area contributed by atoms with Crippen molar-refractivity contribution >= 4 is 15.9 Å². The molecule has 0 heterocycles. The Hall–Kier alpha value is -1.19. The molecule has 19 heavy (non-hydrogen) atoms. The van der Waals surface area contributed by atoms with Gasteiger partial charge in [-0.1, -0.05) is 51.8 Å². The number of hydrogen-bond donors (Lipinski definition) is 1. The molecule has 0 saturated heterocycles. The first-order valence-electron chi connectivity index (χ1n) is 6.35. The van der Waals surface area contributed by atoms with Crippen LogP contribution in [0.3, 0.4) is 0 Å². The zero-order valence-electron chi connectivity index (χ0n) is 10.9. The maximum atomic E-state index is 13.6. The second-order valence-corrected chi connectivity index (χ2v) is 5.57. The summed E-state index contributed by atoms with van der Waals surface area (Å²) in [5.41, 5.74) is 3.28. The lowest BCUT2D eigenvalue weighted by Crippen LogP contribution is -2.17. The van der Waals surface area contributed by atoms with Crippen molar-refractivity contribution in [2.75, 3.05) is 6.54 Å². The van der Waals surface area contributed by atoms with Crippen LogP contribution in [0.1, 0.15) is 16.7 Å². The van der Waals surface area contributed by atoms with Crippen molar-refractivity contribution in [3.8, 4) is 0 Å². The molecule has 0 aromatic heterocycles. The van der Waals surface area contributed by atoms with E-state index in [4.69, 9.17) is 0 Å². The second-order valence-electron chi connectivity index (χ2n) is 4.65. The third kappa shape index (κ3) is 4.44. The zero-order valence-corrected chi connectivity index (χ0v) is 12.5. The summed E-state index contributed by atoms with van der Waals surface area (Å²) in [4.78, 5) is 0. The van der Waals surface area contributed by atoms with Crippen molar-refractivity contribution < 1.29 is 4.39 Å². The molecule has 2 rings (SSSR count). The monoisotopic (exact) mass is 321 g/mol. The molecule has 1 nitrogen and oxygen atoms in total. The van der Waals surface area contributed by atoms with Gasteiger partial charge < -0.3 is 5.32 Å². The van der Waals surface area contributed by atoms with Gasteiger partial charge >= 0.3 is 0 Å². The molecule has 0 aliphatic heterocycles. The summed E-state index contributed by atoms with van der Waals surface area (Å²) in [7, 11) is 0. The van der Waals surface area contributed by atoms with Crippen molar-refractivity contribution in [2.24, 2.45) is 0 Å². The molecule has 0 bridgehead atoms. The van der Waals surface area contributed by atoms with E-state index in [0.717, 1.165) is 17.4 Å². The van der Waals surface area contributed by atoms with E-state index in [9.17, 15) is 4.39 Å². The fraction of sp³-hybridized carbons (Fsp3) is 0.250. The molecule has 2 aromatic carbocycles. The normalized spacial score (nSPS) is 10.7. The van der Waals surface area contributed by atoms with Gasteiger partial charge in [-0.25, -0.2) is 4.39 Å². The molecule has 1 N–H and O–H groups in total. The lowest BCUT2D eigenvalue weighted by molar-refractivity contribution is 0.587. The van der Waals surface area contributed by atoms with Gasteiger partial charge in [0.1, 0.15) is 5.82 Å². The smallest absolute Gasteiger partial charge is 0.128 e. The van der Waals surface area contributed by atoms with Gasteiger partial charge in [-0.05, 0) is 37.6 Å². The van der Waals surface area contributed by atoms with Gasteiger partial charge in [0.05, 0.1) is 0 Å². The minimum Gasteiger partial charge on any atom is -0.312 e. The van der Waals surface area contributed by atoms with E-state index < -0.39 is 0 Å². The summed E-state index contributed by atoms with van der Waals surface area (Å²) in [5, 5.41) is 3.27. The summed E-state index contributed by atoms with van der Waals surface area (Å²) in [6.07, 6.45) is 0.958. The Morgan fingerprint density at radius 3 is 2.74 bits per heavy atom. The van der Waals surface area contributed by atoms with Crippen LogP contribution >= 0.6 is 15.9 Å². The lowest BCUT2D eigenvalue weighted by atomic mass is 10.1. The fourth-order valence-corrected chi connectivity index (χ4v) is 2.32. The maximum absolute atomic E-state index is 13.6. The van der Waals surface area contributed by atoms with Gasteiger partial charge in [-0.15, -0.1) is 0 Å². The van der Waals surface area contributed by atoms with Gasteiger partial charge in [-0.3, -0.25) is 0 Å². The number of benzene rings is 2.